The van der Waals surface area contributed by atoms with Gasteiger partial charge in [0, 0.05) is 11.8 Å². The molecule has 1 atom stereocenters. The van der Waals surface area contributed by atoms with Gasteiger partial charge in [-0.1, -0.05) is 48.5 Å². The van der Waals surface area contributed by atoms with Crippen molar-refractivity contribution in [1.82, 2.24) is 9.78 Å². The Labute approximate surface area is 152 Å². The normalized spacial score (nSPS) is 12.3. The number of nitrogens with one attached hydrogen (secondary N) is 1. The summed E-state index contributed by atoms with van der Waals surface area (Å²) in [6.07, 6.45) is 3.99. The summed E-state index contributed by atoms with van der Waals surface area (Å²) in [6.45, 7) is 1.60. The first-order valence-electron chi connectivity index (χ1n) is 8.80. The van der Waals surface area contributed by atoms with E-state index in [1.54, 1.807) is 6.07 Å². The third-order valence-electron chi connectivity index (χ3n) is 4.66. The molecule has 0 saturated carbocycles. The minimum Gasteiger partial charge on any atom is -0.507 e. The summed E-state index contributed by atoms with van der Waals surface area (Å²) in [6, 6.07) is 22.1. The number of benzene rings is 3. The SMILES string of the molecule is C[NH+](Cc1cnn(-c2ccccc2)c1)Cc1c(O)ccc2ccccc12. The fourth-order valence-corrected chi connectivity index (χ4v) is 3.40. The summed E-state index contributed by atoms with van der Waals surface area (Å²) in [5, 5.41) is 17.1. The highest BCUT2D eigenvalue weighted by molar-refractivity contribution is 5.87. The number of fused-ring (bicyclic) bond motifs is 1. The van der Waals surface area contributed by atoms with E-state index in [1.807, 2.05) is 59.4 Å². The van der Waals surface area contributed by atoms with E-state index in [4.69, 9.17) is 0 Å². The van der Waals surface area contributed by atoms with E-state index in [0.29, 0.717) is 5.75 Å². The predicted octanol–water partition coefficient (Wildman–Crippen LogP) is 2.95. The zero-order valence-corrected chi connectivity index (χ0v) is 14.8. The second kappa shape index (κ2) is 7.02. The van der Waals surface area contributed by atoms with Gasteiger partial charge in [0.2, 0.25) is 0 Å². The van der Waals surface area contributed by atoms with Gasteiger partial charge in [-0.05, 0) is 29.0 Å². The number of para-hydroxylation sites is 1. The molecule has 1 heterocycles. The van der Waals surface area contributed by atoms with Gasteiger partial charge < -0.3 is 10.0 Å². The molecule has 0 bridgehead atoms. The number of phenols is 1. The molecular formula is C22H22N3O+. The van der Waals surface area contributed by atoms with E-state index in [0.717, 1.165) is 35.1 Å². The van der Waals surface area contributed by atoms with E-state index in [2.05, 4.69) is 30.5 Å². The number of phenolic OH excluding ortho intramolecular Hbond substituents is 1. The summed E-state index contributed by atoms with van der Waals surface area (Å²) >= 11 is 0. The van der Waals surface area contributed by atoms with Gasteiger partial charge in [-0.25, -0.2) is 4.68 Å². The van der Waals surface area contributed by atoms with Gasteiger partial charge in [-0.3, -0.25) is 0 Å². The first kappa shape index (κ1) is 16.4. The number of aromatic hydroxyl groups is 1. The number of nitrogens with zero attached hydrogens (tertiary/aromatic N) is 2. The van der Waals surface area contributed by atoms with Crippen molar-refractivity contribution in [3.8, 4) is 11.4 Å². The maximum atomic E-state index is 10.3. The van der Waals surface area contributed by atoms with Crippen LogP contribution < -0.4 is 4.90 Å². The van der Waals surface area contributed by atoms with E-state index < -0.39 is 0 Å². The fourth-order valence-electron chi connectivity index (χ4n) is 3.40. The van der Waals surface area contributed by atoms with Crippen molar-refractivity contribution in [3.05, 3.63) is 90.3 Å². The van der Waals surface area contributed by atoms with Gasteiger partial charge in [-0.15, -0.1) is 0 Å². The standard InChI is InChI=1S/C22H21N3O/c1-24(14-17-13-23-25(15-17)19-8-3-2-4-9-19)16-21-20-10-6-5-7-18(20)11-12-22(21)26/h2-13,15,26H,14,16H2,1H3/p+1. The van der Waals surface area contributed by atoms with Crippen LogP contribution in [0.2, 0.25) is 0 Å². The number of hydrogen-bond acceptors (Lipinski definition) is 2. The Hall–Kier alpha value is -3.11. The van der Waals surface area contributed by atoms with Crippen LogP contribution in [0.5, 0.6) is 5.75 Å². The maximum Gasteiger partial charge on any atom is 0.125 e. The van der Waals surface area contributed by atoms with Crippen LogP contribution in [0.4, 0.5) is 0 Å². The van der Waals surface area contributed by atoms with Crippen LogP contribution in [0.3, 0.4) is 0 Å². The lowest BCUT2D eigenvalue weighted by Gasteiger charge is -2.15. The van der Waals surface area contributed by atoms with E-state index >= 15 is 0 Å². The zero-order chi connectivity index (χ0) is 17.9. The van der Waals surface area contributed by atoms with Crippen molar-refractivity contribution >= 4 is 10.8 Å². The summed E-state index contributed by atoms with van der Waals surface area (Å²) in [5.74, 6) is 0.364. The highest BCUT2D eigenvalue weighted by Gasteiger charge is 2.13. The largest absolute Gasteiger partial charge is 0.507 e. The molecule has 0 amide bonds. The molecule has 4 rings (SSSR count). The van der Waals surface area contributed by atoms with Crippen LogP contribution in [-0.4, -0.2) is 21.9 Å². The molecule has 1 aromatic heterocycles. The quantitative estimate of drug-likeness (QED) is 0.584. The van der Waals surface area contributed by atoms with Crippen molar-refractivity contribution in [3.63, 3.8) is 0 Å². The molecule has 3 aromatic carbocycles. The first-order chi connectivity index (χ1) is 12.7. The lowest BCUT2D eigenvalue weighted by Crippen LogP contribution is -3.06. The Morgan fingerprint density at radius 3 is 2.54 bits per heavy atom. The molecule has 130 valence electrons. The predicted molar refractivity (Wildman–Crippen MR) is 103 cm³/mol. The van der Waals surface area contributed by atoms with Gasteiger partial charge in [0.15, 0.2) is 0 Å². The van der Waals surface area contributed by atoms with E-state index in [-0.39, 0.29) is 0 Å². The monoisotopic (exact) mass is 344 g/mol. The summed E-state index contributed by atoms with van der Waals surface area (Å²) in [4.78, 5) is 1.30. The zero-order valence-electron chi connectivity index (χ0n) is 14.8. The molecule has 2 N–H and O–H groups in total. The molecular weight excluding hydrogens is 322 g/mol. The first-order valence-corrected chi connectivity index (χ1v) is 8.80. The fraction of sp³-hybridized carbons (Fsp3) is 0.136. The highest BCUT2D eigenvalue weighted by atomic mass is 16.3. The van der Waals surface area contributed by atoms with E-state index in [1.165, 1.54) is 10.5 Å². The van der Waals surface area contributed by atoms with Crippen LogP contribution in [0.1, 0.15) is 11.1 Å². The van der Waals surface area contributed by atoms with Crippen molar-refractivity contribution in [1.29, 1.82) is 0 Å². The van der Waals surface area contributed by atoms with Crippen molar-refractivity contribution in [2.24, 2.45) is 0 Å². The summed E-state index contributed by atoms with van der Waals surface area (Å²) in [5.41, 5.74) is 3.23. The topological polar surface area (TPSA) is 42.5 Å². The lowest BCUT2D eigenvalue weighted by molar-refractivity contribution is -0.907. The Morgan fingerprint density at radius 2 is 1.69 bits per heavy atom. The molecule has 26 heavy (non-hydrogen) atoms. The third-order valence-corrected chi connectivity index (χ3v) is 4.66. The van der Waals surface area contributed by atoms with Crippen LogP contribution in [0, 0.1) is 0 Å². The number of hydrogen-bond donors (Lipinski definition) is 2. The second-order valence-corrected chi connectivity index (χ2v) is 6.72. The average Bonchev–Trinajstić information content (AvgIpc) is 3.13. The van der Waals surface area contributed by atoms with E-state index in [9.17, 15) is 5.11 Å². The van der Waals surface area contributed by atoms with Crippen LogP contribution >= 0.6 is 0 Å². The van der Waals surface area contributed by atoms with Gasteiger partial charge in [0.1, 0.15) is 18.8 Å². The molecule has 0 aliphatic rings. The minimum absolute atomic E-state index is 0.364. The molecule has 4 heteroatoms. The van der Waals surface area contributed by atoms with Crippen LogP contribution in [0.15, 0.2) is 79.1 Å². The van der Waals surface area contributed by atoms with Gasteiger partial charge in [0.25, 0.3) is 0 Å². The average molecular weight is 344 g/mol. The second-order valence-electron chi connectivity index (χ2n) is 6.72. The molecule has 4 aromatic rings. The summed E-state index contributed by atoms with van der Waals surface area (Å²) < 4.78 is 1.90. The molecule has 4 nitrogen and oxygen atoms in total. The van der Waals surface area contributed by atoms with Crippen LogP contribution in [-0.2, 0) is 13.1 Å². The molecule has 0 saturated heterocycles. The Morgan fingerprint density at radius 1 is 0.923 bits per heavy atom. The molecule has 0 radical (unpaired) electrons. The number of rotatable bonds is 5. The van der Waals surface area contributed by atoms with Crippen molar-refractivity contribution < 1.29 is 10.0 Å². The molecule has 0 fully saturated rings. The Bertz CT molecular complexity index is 1020. The Kier molecular flexibility index (Phi) is 4.42. The van der Waals surface area contributed by atoms with Crippen LogP contribution in [0.25, 0.3) is 16.5 Å². The highest BCUT2D eigenvalue weighted by Crippen LogP contribution is 2.26. The number of aromatic nitrogens is 2. The van der Waals surface area contributed by atoms with Gasteiger partial charge in [0.05, 0.1) is 24.5 Å². The van der Waals surface area contributed by atoms with Crippen molar-refractivity contribution in [2.45, 2.75) is 13.1 Å². The smallest absolute Gasteiger partial charge is 0.125 e. The molecule has 0 spiro atoms. The van der Waals surface area contributed by atoms with Crippen molar-refractivity contribution in [2.75, 3.05) is 7.05 Å². The van der Waals surface area contributed by atoms with Gasteiger partial charge >= 0.3 is 0 Å². The minimum atomic E-state index is 0.364. The lowest BCUT2D eigenvalue weighted by atomic mass is 10.0. The third kappa shape index (κ3) is 3.32. The molecule has 0 aliphatic heterocycles. The molecule has 0 aliphatic carbocycles. The Balaban J connectivity index is 1.52. The number of quaternary nitrogens is 1. The summed E-state index contributed by atoms with van der Waals surface area (Å²) in [7, 11) is 2.14. The van der Waals surface area contributed by atoms with Gasteiger partial charge in [-0.2, -0.15) is 5.10 Å². The maximum absolute atomic E-state index is 10.3. The molecule has 1 unspecified atom stereocenters.